The predicted molar refractivity (Wildman–Crippen MR) is 70.9 cm³/mol. The van der Waals surface area contributed by atoms with Gasteiger partial charge in [0.15, 0.2) is 0 Å². The Balaban J connectivity index is 1.90. The molecule has 2 saturated heterocycles. The van der Waals surface area contributed by atoms with Gasteiger partial charge in [0.25, 0.3) is 0 Å². The van der Waals surface area contributed by atoms with Gasteiger partial charge in [0, 0.05) is 26.3 Å². The Morgan fingerprint density at radius 3 is 2.53 bits per heavy atom. The second kappa shape index (κ2) is 5.68. The highest BCUT2D eigenvalue weighted by Gasteiger charge is 2.34. The first-order valence-electron chi connectivity index (χ1n) is 7.15. The minimum atomic E-state index is 0.332. The van der Waals surface area contributed by atoms with E-state index in [0.717, 1.165) is 44.4 Å². The fourth-order valence-electron chi connectivity index (χ4n) is 3.20. The molecule has 100 valence electrons. The van der Waals surface area contributed by atoms with Crippen LogP contribution in [-0.2, 0) is 4.74 Å². The van der Waals surface area contributed by atoms with Crippen molar-refractivity contribution in [1.29, 1.82) is 0 Å². The number of likely N-dealkylation sites (tertiary alicyclic amines) is 1. The highest BCUT2D eigenvalue weighted by atomic mass is 16.5. The van der Waals surface area contributed by atoms with E-state index in [9.17, 15) is 0 Å². The molecule has 2 unspecified atom stereocenters. The highest BCUT2D eigenvalue weighted by Crippen LogP contribution is 2.32. The number of rotatable bonds is 3. The number of hydrogen-bond acceptors (Lipinski definition) is 3. The molecular formula is C14H28N2O. The normalized spacial score (nSPS) is 34.8. The molecule has 0 bridgehead atoms. The molecule has 0 radical (unpaired) electrons. The van der Waals surface area contributed by atoms with E-state index in [1.54, 1.807) is 0 Å². The van der Waals surface area contributed by atoms with Gasteiger partial charge in [-0.1, -0.05) is 13.8 Å². The van der Waals surface area contributed by atoms with Crippen molar-refractivity contribution in [3.63, 3.8) is 0 Å². The van der Waals surface area contributed by atoms with E-state index < -0.39 is 0 Å². The van der Waals surface area contributed by atoms with Crippen molar-refractivity contribution in [1.82, 2.24) is 4.90 Å². The Morgan fingerprint density at radius 2 is 1.94 bits per heavy atom. The van der Waals surface area contributed by atoms with Gasteiger partial charge in [-0.25, -0.2) is 0 Å². The molecule has 2 heterocycles. The van der Waals surface area contributed by atoms with Crippen LogP contribution in [0.3, 0.4) is 0 Å². The molecule has 17 heavy (non-hydrogen) atoms. The zero-order valence-corrected chi connectivity index (χ0v) is 11.5. The summed E-state index contributed by atoms with van der Waals surface area (Å²) in [5, 5.41) is 0. The highest BCUT2D eigenvalue weighted by molar-refractivity contribution is 4.88. The summed E-state index contributed by atoms with van der Waals surface area (Å²) < 4.78 is 5.48. The summed E-state index contributed by atoms with van der Waals surface area (Å²) in [6.07, 6.45) is 3.63. The van der Waals surface area contributed by atoms with Crippen LogP contribution in [-0.4, -0.2) is 44.3 Å². The van der Waals surface area contributed by atoms with E-state index in [0.29, 0.717) is 5.41 Å². The Kier molecular flexibility index (Phi) is 4.45. The molecule has 0 aromatic carbocycles. The summed E-state index contributed by atoms with van der Waals surface area (Å²) in [6, 6.07) is 0. The minimum absolute atomic E-state index is 0.332. The SMILES string of the molecule is CC1CCN(CC2(CN)CCOCC2)CC1C. The maximum atomic E-state index is 6.04. The number of piperidine rings is 1. The number of hydrogen-bond donors (Lipinski definition) is 1. The lowest BCUT2D eigenvalue weighted by Crippen LogP contribution is -2.49. The maximum absolute atomic E-state index is 6.04. The van der Waals surface area contributed by atoms with Crippen LogP contribution in [0, 0.1) is 17.3 Å². The molecule has 2 atom stereocenters. The summed E-state index contributed by atoms with van der Waals surface area (Å²) in [5.41, 5.74) is 6.37. The lowest BCUT2D eigenvalue weighted by atomic mass is 9.78. The monoisotopic (exact) mass is 240 g/mol. The summed E-state index contributed by atoms with van der Waals surface area (Å²) >= 11 is 0. The van der Waals surface area contributed by atoms with Gasteiger partial charge < -0.3 is 15.4 Å². The van der Waals surface area contributed by atoms with Crippen molar-refractivity contribution in [2.75, 3.05) is 39.4 Å². The van der Waals surface area contributed by atoms with E-state index in [4.69, 9.17) is 10.5 Å². The van der Waals surface area contributed by atoms with Gasteiger partial charge in [-0.2, -0.15) is 0 Å². The summed E-state index contributed by atoms with van der Waals surface area (Å²) in [6.45, 7) is 11.1. The first-order valence-corrected chi connectivity index (χ1v) is 7.15. The third-order valence-corrected chi connectivity index (χ3v) is 4.96. The van der Waals surface area contributed by atoms with Crippen molar-refractivity contribution >= 4 is 0 Å². The molecule has 2 fully saturated rings. The molecule has 2 N–H and O–H groups in total. The molecule has 0 aliphatic carbocycles. The van der Waals surface area contributed by atoms with Crippen LogP contribution in [0.25, 0.3) is 0 Å². The first-order chi connectivity index (χ1) is 8.15. The third kappa shape index (κ3) is 3.21. The lowest BCUT2D eigenvalue weighted by Gasteiger charge is -2.43. The average Bonchev–Trinajstić information content (AvgIpc) is 2.35. The topological polar surface area (TPSA) is 38.5 Å². The van der Waals surface area contributed by atoms with Gasteiger partial charge in [-0.3, -0.25) is 0 Å². The predicted octanol–water partition coefficient (Wildman–Crippen LogP) is 1.72. The summed E-state index contributed by atoms with van der Waals surface area (Å²) in [4.78, 5) is 2.64. The molecular weight excluding hydrogens is 212 g/mol. The Labute approximate surface area is 106 Å². The Bertz CT molecular complexity index is 238. The summed E-state index contributed by atoms with van der Waals surface area (Å²) in [5.74, 6) is 1.72. The van der Waals surface area contributed by atoms with Crippen molar-refractivity contribution in [3.05, 3.63) is 0 Å². The maximum Gasteiger partial charge on any atom is 0.0472 e. The minimum Gasteiger partial charge on any atom is -0.381 e. The van der Waals surface area contributed by atoms with Crippen LogP contribution in [0.5, 0.6) is 0 Å². The van der Waals surface area contributed by atoms with E-state index in [1.165, 1.54) is 26.1 Å². The van der Waals surface area contributed by atoms with Crippen LogP contribution in [0.4, 0.5) is 0 Å². The molecule has 2 rings (SSSR count). The van der Waals surface area contributed by atoms with Crippen LogP contribution < -0.4 is 5.73 Å². The van der Waals surface area contributed by atoms with Crippen LogP contribution in [0.15, 0.2) is 0 Å². The Morgan fingerprint density at radius 1 is 1.24 bits per heavy atom. The van der Waals surface area contributed by atoms with E-state index in [2.05, 4.69) is 18.7 Å². The fourth-order valence-corrected chi connectivity index (χ4v) is 3.20. The van der Waals surface area contributed by atoms with Gasteiger partial charge in [0.2, 0.25) is 0 Å². The zero-order valence-electron chi connectivity index (χ0n) is 11.5. The molecule has 0 aromatic rings. The molecule has 2 aliphatic heterocycles. The number of nitrogens with zero attached hydrogens (tertiary/aromatic N) is 1. The second-order valence-corrected chi connectivity index (χ2v) is 6.29. The number of ether oxygens (including phenoxy) is 1. The van der Waals surface area contributed by atoms with Gasteiger partial charge in [-0.15, -0.1) is 0 Å². The van der Waals surface area contributed by atoms with Gasteiger partial charge >= 0.3 is 0 Å². The largest absolute Gasteiger partial charge is 0.381 e. The van der Waals surface area contributed by atoms with Crippen LogP contribution >= 0.6 is 0 Å². The van der Waals surface area contributed by atoms with Crippen molar-refractivity contribution in [2.24, 2.45) is 23.0 Å². The first kappa shape index (κ1) is 13.3. The molecule has 0 saturated carbocycles. The van der Waals surface area contributed by atoms with E-state index in [1.807, 2.05) is 0 Å². The molecule has 0 aromatic heterocycles. The van der Waals surface area contributed by atoms with Gasteiger partial charge in [0.1, 0.15) is 0 Å². The molecule has 0 amide bonds. The molecule has 3 nitrogen and oxygen atoms in total. The standard InChI is InChI=1S/C14H28N2O/c1-12-3-6-16(9-13(12)2)11-14(10-15)4-7-17-8-5-14/h12-13H,3-11,15H2,1-2H3. The quantitative estimate of drug-likeness (QED) is 0.816. The summed E-state index contributed by atoms with van der Waals surface area (Å²) in [7, 11) is 0. The molecule has 2 aliphatic rings. The van der Waals surface area contributed by atoms with E-state index in [-0.39, 0.29) is 0 Å². The average molecular weight is 240 g/mol. The fraction of sp³-hybridized carbons (Fsp3) is 1.00. The van der Waals surface area contributed by atoms with Gasteiger partial charge in [-0.05, 0) is 49.6 Å². The number of nitrogens with two attached hydrogens (primary N) is 1. The molecule has 0 spiro atoms. The Hall–Kier alpha value is -0.120. The molecule has 3 heteroatoms. The third-order valence-electron chi connectivity index (χ3n) is 4.96. The zero-order chi connectivity index (χ0) is 12.3. The van der Waals surface area contributed by atoms with E-state index >= 15 is 0 Å². The van der Waals surface area contributed by atoms with Gasteiger partial charge in [0.05, 0.1) is 0 Å². The van der Waals surface area contributed by atoms with Crippen molar-refractivity contribution < 1.29 is 4.74 Å². The van der Waals surface area contributed by atoms with Crippen LogP contribution in [0.2, 0.25) is 0 Å². The lowest BCUT2D eigenvalue weighted by molar-refractivity contribution is -0.0101. The van der Waals surface area contributed by atoms with Crippen LogP contribution in [0.1, 0.15) is 33.1 Å². The van der Waals surface area contributed by atoms with Crippen molar-refractivity contribution in [3.8, 4) is 0 Å². The second-order valence-electron chi connectivity index (χ2n) is 6.29. The van der Waals surface area contributed by atoms with Crippen molar-refractivity contribution in [2.45, 2.75) is 33.1 Å². The smallest absolute Gasteiger partial charge is 0.0472 e.